The fraction of sp³-hybridized carbons (Fsp3) is 0.182. The molecule has 1 N–H and O–H groups in total. The third kappa shape index (κ3) is 2.62. The zero-order valence-electron chi connectivity index (χ0n) is 9.63. The van der Waals surface area contributed by atoms with Crippen LogP contribution >= 0.6 is 0 Å². The van der Waals surface area contributed by atoms with Crippen LogP contribution in [0.4, 0.5) is 15.8 Å². The molecule has 6 nitrogen and oxygen atoms in total. The highest BCUT2D eigenvalue weighted by molar-refractivity contribution is 5.51. The van der Waals surface area contributed by atoms with Crippen molar-refractivity contribution >= 4 is 11.4 Å². The zero-order chi connectivity index (χ0) is 13.1. The lowest BCUT2D eigenvalue weighted by Crippen LogP contribution is -2.05. The molecule has 2 aromatic rings. The van der Waals surface area contributed by atoms with Crippen LogP contribution in [0.2, 0.25) is 0 Å². The molecular formula is C11H11FN4O2. The first kappa shape index (κ1) is 12.0. The minimum atomic E-state index is -0.642. The molecule has 1 aromatic carbocycles. The van der Waals surface area contributed by atoms with Gasteiger partial charge in [-0.25, -0.2) is 4.39 Å². The average molecular weight is 250 g/mol. The summed E-state index contributed by atoms with van der Waals surface area (Å²) in [5.74, 6) is -0.642. The summed E-state index contributed by atoms with van der Waals surface area (Å²) in [6.07, 6.45) is 1.64. The lowest BCUT2D eigenvalue weighted by atomic mass is 10.2. The molecule has 1 aromatic heterocycles. The van der Waals surface area contributed by atoms with Crippen molar-refractivity contribution in [1.82, 2.24) is 9.78 Å². The Morgan fingerprint density at radius 2 is 2.28 bits per heavy atom. The summed E-state index contributed by atoms with van der Waals surface area (Å²) in [4.78, 5) is 9.96. The van der Waals surface area contributed by atoms with Gasteiger partial charge < -0.3 is 5.32 Å². The molecule has 2 rings (SSSR count). The summed E-state index contributed by atoms with van der Waals surface area (Å²) in [7, 11) is 1.78. The van der Waals surface area contributed by atoms with Crippen LogP contribution in [0.5, 0.6) is 0 Å². The van der Waals surface area contributed by atoms with E-state index in [1.54, 1.807) is 24.0 Å². The van der Waals surface area contributed by atoms with E-state index in [1.165, 1.54) is 12.1 Å². The van der Waals surface area contributed by atoms with E-state index in [4.69, 9.17) is 0 Å². The highest BCUT2D eigenvalue weighted by atomic mass is 19.1. The van der Waals surface area contributed by atoms with Gasteiger partial charge in [0.2, 0.25) is 0 Å². The lowest BCUT2D eigenvalue weighted by Gasteiger charge is -2.06. The monoisotopic (exact) mass is 250 g/mol. The average Bonchev–Trinajstić information content (AvgIpc) is 2.71. The van der Waals surface area contributed by atoms with E-state index in [0.717, 1.165) is 11.8 Å². The summed E-state index contributed by atoms with van der Waals surface area (Å²) >= 11 is 0. The molecule has 0 atom stereocenters. The Morgan fingerprint density at radius 1 is 1.50 bits per heavy atom. The number of halogens is 1. The minimum absolute atomic E-state index is 0.275. The Hall–Kier alpha value is -2.44. The maximum Gasteiger partial charge on any atom is 0.274 e. The van der Waals surface area contributed by atoms with Crippen molar-refractivity contribution in [2.45, 2.75) is 6.54 Å². The molecule has 0 bridgehead atoms. The van der Waals surface area contributed by atoms with E-state index >= 15 is 0 Å². The van der Waals surface area contributed by atoms with Crippen molar-refractivity contribution in [2.75, 3.05) is 5.32 Å². The summed E-state index contributed by atoms with van der Waals surface area (Å²) in [5, 5.41) is 17.5. The lowest BCUT2D eigenvalue weighted by molar-refractivity contribution is -0.385. The fourth-order valence-corrected chi connectivity index (χ4v) is 1.55. The van der Waals surface area contributed by atoms with Gasteiger partial charge >= 0.3 is 0 Å². The quantitative estimate of drug-likeness (QED) is 0.666. The van der Waals surface area contributed by atoms with E-state index in [2.05, 4.69) is 10.4 Å². The van der Waals surface area contributed by atoms with Crippen molar-refractivity contribution in [2.24, 2.45) is 7.05 Å². The van der Waals surface area contributed by atoms with E-state index in [1.807, 2.05) is 0 Å². The number of aromatic nitrogens is 2. The normalized spacial score (nSPS) is 10.3. The molecule has 94 valence electrons. The predicted octanol–water partition coefficient (Wildman–Crippen LogP) is 2.08. The molecule has 7 heteroatoms. The van der Waals surface area contributed by atoms with Crippen LogP contribution in [0.25, 0.3) is 0 Å². The van der Waals surface area contributed by atoms with E-state index < -0.39 is 10.7 Å². The van der Waals surface area contributed by atoms with Crippen LogP contribution in [0.1, 0.15) is 5.69 Å². The molecule has 0 spiro atoms. The first-order chi connectivity index (χ1) is 8.56. The maximum atomic E-state index is 13.2. The zero-order valence-corrected chi connectivity index (χ0v) is 9.63. The molecule has 0 aliphatic rings. The number of hydrogen-bond donors (Lipinski definition) is 1. The Balaban J connectivity index is 2.14. The second kappa shape index (κ2) is 4.82. The number of hydrogen-bond acceptors (Lipinski definition) is 4. The van der Waals surface area contributed by atoms with Gasteiger partial charge in [-0.1, -0.05) is 0 Å². The molecule has 0 fully saturated rings. The van der Waals surface area contributed by atoms with Gasteiger partial charge in [0.05, 0.1) is 23.2 Å². The molecule has 0 radical (unpaired) electrons. The largest absolute Gasteiger partial charge is 0.379 e. The van der Waals surface area contributed by atoms with Crippen LogP contribution in [-0.2, 0) is 13.6 Å². The number of nitrogens with one attached hydrogen (secondary N) is 1. The summed E-state index contributed by atoms with van der Waals surface area (Å²) in [6, 6.07) is 5.19. The second-order valence-corrected chi connectivity index (χ2v) is 3.75. The molecule has 0 aliphatic heterocycles. The van der Waals surface area contributed by atoms with Crippen LogP contribution in [-0.4, -0.2) is 14.7 Å². The number of nitro groups is 1. The van der Waals surface area contributed by atoms with Crippen LogP contribution in [0, 0.1) is 15.9 Å². The highest BCUT2D eigenvalue weighted by Crippen LogP contribution is 2.20. The molecule has 0 unspecified atom stereocenters. The van der Waals surface area contributed by atoms with Gasteiger partial charge in [0.15, 0.2) is 0 Å². The third-order valence-electron chi connectivity index (χ3n) is 2.49. The third-order valence-corrected chi connectivity index (χ3v) is 2.49. The van der Waals surface area contributed by atoms with E-state index in [-0.39, 0.29) is 5.69 Å². The predicted molar refractivity (Wildman–Crippen MR) is 63.6 cm³/mol. The van der Waals surface area contributed by atoms with Gasteiger partial charge in [-0.3, -0.25) is 14.8 Å². The molecule has 0 saturated heterocycles. The van der Waals surface area contributed by atoms with Gasteiger partial charge in [0.25, 0.3) is 5.69 Å². The van der Waals surface area contributed by atoms with E-state index in [0.29, 0.717) is 12.2 Å². The number of aryl methyl sites for hydroxylation is 1. The molecule has 0 amide bonds. The first-order valence-electron chi connectivity index (χ1n) is 5.22. The molecule has 0 saturated carbocycles. The number of non-ortho nitro benzene ring substituents is 1. The van der Waals surface area contributed by atoms with Crippen LogP contribution in [0.3, 0.4) is 0 Å². The number of benzene rings is 1. The van der Waals surface area contributed by atoms with Gasteiger partial charge in [0.1, 0.15) is 5.82 Å². The Bertz CT molecular complexity index is 582. The topological polar surface area (TPSA) is 73.0 Å². The number of nitrogens with zero attached hydrogens (tertiary/aromatic N) is 3. The van der Waals surface area contributed by atoms with Crippen molar-refractivity contribution in [3.63, 3.8) is 0 Å². The minimum Gasteiger partial charge on any atom is -0.379 e. The summed E-state index contributed by atoms with van der Waals surface area (Å²) < 4.78 is 14.8. The van der Waals surface area contributed by atoms with Crippen LogP contribution in [0.15, 0.2) is 30.5 Å². The van der Waals surface area contributed by atoms with Gasteiger partial charge in [-0.05, 0) is 12.1 Å². The van der Waals surface area contributed by atoms with Crippen LogP contribution < -0.4 is 5.32 Å². The van der Waals surface area contributed by atoms with E-state index in [9.17, 15) is 14.5 Å². The van der Waals surface area contributed by atoms with Gasteiger partial charge in [-0.15, -0.1) is 0 Å². The number of rotatable bonds is 4. The standard InChI is InChI=1S/C11H11FN4O2/c1-15-10(2-3-14-15)7-13-9-4-8(12)5-11(6-9)16(17)18/h2-6,13H,7H2,1H3. The van der Waals surface area contributed by atoms with Gasteiger partial charge in [0, 0.05) is 25.0 Å². The fourth-order valence-electron chi connectivity index (χ4n) is 1.55. The maximum absolute atomic E-state index is 13.2. The second-order valence-electron chi connectivity index (χ2n) is 3.75. The Kier molecular flexibility index (Phi) is 3.22. The SMILES string of the molecule is Cn1nccc1CNc1cc(F)cc([N+](=O)[O-])c1. The van der Waals surface area contributed by atoms with Gasteiger partial charge in [-0.2, -0.15) is 5.10 Å². The number of anilines is 1. The van der Waals surface area contributed by atoms with Crippen molar-refractivity contribution in [1.29, 1.82) is 0 Å². The summed E-state index contributed by atoms with van der Waals surface area (Å²) in [6.45, 7) is 0.414. The smallest absolute Gasteiger partial charge is 0.274 e. The molecular weight excluding hydrogens is 239 g/mol. The summed E-state index contributed by atoms with van der Waals surface area (Å²) in [5.41, 5.74) is 0.979. The number of nitro benzene ring substituents is 1. The molecule has 18 heavy (non-hydrogen) atoms. The Labute approximate surface area is 102 Å². The highest BCUT2D eigenvalue weighted by Gasteiger charge is 2.09. The molecule has 1 heterocycles. The van der Waals surface area contributed by atoms with Crippen molar-refractivity contribution in [3.8, 4) is 0 Å². The first-order valence-corrected chi connectivity index (χ1v) is 5.22. The molecule has 0 aliphatic carbocycles. The van der Waals surface area contributed by atoms with Crippen molar-refractivity contribution < 1.29 is 9.31 Å². The van der Waals surface area contributed by atoms with Crippen molar-refractivity contribution in [3.05, 3.63) is 52.1 Å². The Morgan fingerprint density at radius 3 is 2.89 bits per heavy atom.